The minimum Gasteiger partial charge on any atom is -0.481 e. The van der Waals surface area contributed by atoms with Gasteiger partial charge in [0.1, 0.15) is 11.0 Å². The van der Waals surface area contributed by atoms with Gasteiger partial charge in [-0.3, -0.25) is 4.79 Å². The third-order valence-electron chi connectivity index (χ3n) is 1.85. The molecule has 0 aliphatic rings. The molecule has 0 saturated carbocycles. The maximum absolute atomic E-state index is 10.3. The van der Waals surface area contributed by atoms with Gasteiger partial charge in [-0.25, -0.2) is 4.98 Å². The molecule has 1 heterocycles. The van der Waals surface area contributed by atoms with Crippen molar-refractivity contribution in [1.29, 1.82) is 0 Å². The van der Waals surface area contributed by atoms with E-state index in [9.17, 15) is 4.79 Å². The summed E-state index contributed by atoms with van der Waals surface area (Å²) >= 11 is 5.83. The fourth-order valence-electron chi connectivity index (χ4n) is 1.19. The molecule has 0 radical (unpaired) electrons. The summed E-state index contributed by atoms with van der Waals surface area (Å²) in [6.07, 6.45) is 2.31. The molecular weight excluding hydrogens is 204 g/mol. The zero-order valence-corrected chi connectivity index (χ0v) is 8.76. The number of hydrogen-bond donors (Lipinski definition) is 2. The van der Waals surface area contributed by atoms with E-state index in [-0.39, 0.29) is 6.42 Å². The molecule has 0 unspecified atom stereocenters. The van der Waals surface area contributed by atoms with Crippen LogP contribution in [0.15, 0.2) is 0 Å². The lowest BCUT2D eigenvalue weighted by atomic mass is 10.2. The number of hydrogen-bond acceptors (Lipinski definition) is 2. The maximum Gasteiger partial charge on any atom is 0.303 e. The van der Waals surface area contributed by atoms with Crippen molar-refractivity contribution in [3.05, 3.63) is 16.7 Å². The van der Waals surface area contributed by atoms with E-state index in [1.807, 2.05) is 6.92 Å². The number of nitrogens with one attached hydrogen (secondary N) is 1. The summed E-state index contributed by atoms with van der Waals surface area (Å²) < 4.78 is 0. The van der Waals surface area contributed by atoms with Crippen molar-refractivity contribution in [2.75, 3.05) is 0 Å². The minimum absolute atomic E-state index is 0.0769. The van der Waals surface area contributed by atoms with Crippen LogP contribution in [0.25, 0.3) is 0 Å². The first-order valence-corrected chi connectivity index (χ1v) is 4.96. The Morgan fingerprint density at radius 2 is 2.29 bits per heavy atom. The molecule has 14 heavy (non-hydrogen) atoms. The Bertz CT molecular complexity index is 323. The second-order valence-corrected chi connectivity index (χ2v) is 3.45. The molecule has 0 aliphatic heterocycles. The molecule has 0 saturated heterocycles. The Kier molecular flexibility index (Phi) is 3.95. The van der Waals surface area contributed by atoms with Gasteiger partial charge >= 0.3 is 5.97 Å². The lowest BCUT2D eigenvalue weighted by Gasteiger charge is -1.93. The highest BCUT2D eigenvalue weighted by atomic mass is 35.5. The van der Waals surface area contributed by atoms with Crippen LogP contribution in [0.1, 0.15) is 31.3 Å². The van der Waals surface area contributed by atoms with Gasteiger partial charge in [-0.2, -0.15) is 0 Å². The first-order valence-electron chi connectivity index (χ1n) is 4.58. The van der Waals surface area contributed by atoms with Crippen molar-refractivity contribution in [3.63, 3.8) is 0 Å². The Balaban J connectivity index is 2.62. The normalized spacial score (nSPS) is 10.4. The Morgan fingerprint density at radius 1 is 1.57 bits per heavy atom. The van der Waals surface area contributed by atoms with Gasteiger partial charge in [-0.1, -0.05) is 18.5 Å². The molecule has 0 amide bonds. The summed E-state index contributed by atoms with van der Waals surface area (Å²) in [5.41, 5.74) is 0.720. The highest BCUT2D eigenvalue weighted by Crippen LogP contribution is 2.15. The zero-order valence-electron chi connectivity index (χ0n) is 8.01. The van der Waals surface area contributed by atoms with Crippen molar-refractivity contribution in [2.24, 2.45) is 0 Å². The monoisotopic (exact) mass is 216 g/mol. The van der Waals surface area contributed by atoms with Gasteiger partial charge in [-0.05, 0) is 6.42 Å². The van der Waals surface area contributed by atoms with Crippen molar-refractivity contribution in [1.82, 2.24) is 9.97 Å². The Labute approximate surface area is 87.3 Å². The number of halogens is 1. The van der Waals surface area contributed by atoms with Crippen LogP contribution in [0, 0.1) is 0 Å². The number of carboxylic acids is 1. The van der Waals surface area contributed by atoms with Gasteiger partial charge < -0.3 is 10.1 Å². The highest BCUT2D eigenvalue weighted by molar-refractivity contribution is 6.30. The Hall–Kier alpha value is -1.03. The maximum atomic E-state index is 10.3. The lowest BCUT2D eigenvalue weighted by molar-refractivity contribution is -0.136. The van der Waals surface area contributed by atoms with Crippen LogP contribution in [0.4, 0.5) is 0 Å². The summed E-state index contributed by atoms with van der Waals surface area (Å²) in [5, 5.41) is 8.90. The second kappa shape index (κ2) is 5.00. The van der Waals surface area contributed by atoms with E-state index < -0.39 is 5.97 Å². The van der Waals surface area contributed by atoms with Crippen molar-refractivity contribution in [3.8, 4) is 0 Å². The average molecular weight is 217 g/mol. The van der Waals surface area contributed by atoms with Gasteiger partial charge in [0.15, 0.2) is 0 Å². The standard InChI is InChI=1S/C9H13ClN2O2/c1-2-3-7-11-6(9(10)12-7)4-5-8(13)14/h2-5H2,1H3,(H,11,12)(H,13,14). The quantitative estimate of drug-likeness (QED) is 0.792. The number of carbonyl (C=O) groups is 1. The number of imidazole rings is 1. The number of aryl methyl sites for hydroxylation is 2. The second-order valence-electron chi connectivity index (χ2n) is 3.10. The van der Waals surface area contributed by atoms with Crippen LogP contribution < -0.4 is 0 Å². The minimum atomic E-state index is -0.826. The van der Waals surface area contributed by atoms with Gasteiger partial charge in [0.05, 0.1) is 12.1 Å². The summed E-state index contributed by atoms with van der Waals surface area (Å²) in [6, 6.07) is 0. The topological polar surface area (TPSA) is 66.0 Å². The third-order valence-corrected chi connectivity index (χ3v) is 2.17. The fourth-order valence-corrected chi connectivity index (χ4v) is 1.44. The van der Waals surface area contributed by atoms with E-state index in [0.717, 1.165) is 24.4 Å². The van der Waals surface area contributed by atoms with E-state index in [1.165, 1.54) is 0 Å². The molecule has 0 spiro atoms. The van der Waals surface area contributed by atoms with E-state index >= 15 is 0 Å². The molecule has 0 aliphatic carbocycles. The molecule has 0 fully saturated rings. The molecule has 2 N–H and O–H groups in total. The van der Waals surface area contributed by atoms with Crippen molar-refractivity contribution >= 4 is 17.6 Å². The predicted molar refractivity (Wildman–Crippen MR) is 53.5 cm³/mol. The van der Waals surface area contributed by atoms with Gasteiger partial charge in [-0.15, -0.1) is 0 Å². The molecule has 1 aromatic rings. The molecule has 1 rings (SSSR count). The summed E-state index contributed by atoms with van der Waals surface area (Å²) in [4.78, 5) is 17.5. The smallest absolute Gasteiger partial charge is 0.303 e. The molecule has 0 atom stereocenters. The first kappa shape index (κ1) is 11.0. The molecule has 0 bridgehead atoms. The van der Waals surface area contributed by atoms with Crippen LogP contribution in [-0.2, 0) is 17.6 Å². The van der Waals surface area contributed by atoms with Crippen LogP contribution in [-0.4, -0.2) is 21.0 Å². The third kappa shape index (κ3) is 3.03. The van der Waals surface area contributed by atoms with Gasteiger partial charge in [0, 0.05) is 12.8 Å². The number of carboxylic acid groups (broad SMARTS) is 1. The molecule has 0 aromatic carbocycles. The number of H-pyrrole nitrogens is 1. The van der Waals surface area contributed by atoms with Crippen molar-refractivity contribution in [2.45, 2.75) is 32.6 Å². The van der Waals surface area contributed by atoms with E-state index in [2.05, 4.69) is 9.97 Å². The number of aliphatic carboxylic acids is 1. The van der Waals surface area contributed by atoms with Crippen LogP contribution >= 0.6 is 11.6 Å². The fraction of sp³-hybridized carbons (Fsp3) is 0.556. The number of rotatable bonds is 5. The lowest BCUT2D eigenvalue weighted by Crippen LogP contribution is -1.98. The highest BCUT2D eigenvalue weighted by Gasteiger charge is 2.08. The largest absolute Gasteiger partial charge is 0.481 e. The van der Waals surface area contributed by atoms with Gasteiger partial charge in [0.25, 0.3) is 0 Å². The molecule has 5 heteroatoms. The zero-order chi connectivity index (χ0) is 10.6. The van der Waals surface area contributed by atoms with Crippen molar-refractivity contribution < 1.29 is 9.90 Å². The van der Waals surface area contributed by atoms with Crippen LogP contribution in [0.2, 0.25) is 5.15 Å². The van der Waals surface area contributed by atoms with Gasteiger partial charge in [0.2, 0.25) is 0 Å². The molecule has 78 valence electrons. The molecule has 4 nitrogen and oxygen atoms in total. The average Bonchev–Trinajstić information content (AvgIpc) is 2.44. The number of aromatic nitrogens is 2. The number of aromatic amines is 1. The Morgan fingerprint density at radius 3 is 2.86 bits per heavy atom. The molecule has 1 aromatic heterocycles. The van der Waals surface area contributed by atoms with E-state index in [4.69, 9.17) is 16.7 Å². The summed E-state index contributed by atoms with van der Waals surface area (Å²) in [6.45, 7) is 2.05. The predicted octanol–water partition coefficient (Wildman–Crippen LogP) is 2.03. The summed E-state index contributed by atoms with van der Waals surface area (Å²) in [7, 11) is 0. The number of nitrogens with zero attached hydrogens (tertiary/aromatic N) is 1. The molecular formula is C9H13ClN2O2. The van der Waals surface area contributed by atoms with E-state index in [1.54, 1.807) is 0 Å². The summed E-state index contributed by atoms with van der Waals surface area (Å²) in [5.74, 6) is 0.00518. The first-order chi connectivity index (χ1) is 6.63. The SMILES string of the molecule is CCCc1nc(Cl)c(CCC(=O)O)[nH]1. The van der Waals surface area contributed by atoms with E-state index in [0.29, 0.717) is 11.6 Å². The van der Waals surface area contributed by atoms with Crippen LogP contribution in [0.5, 0.6) is 0 Å². The van der Waals surface area contributed by atoms with Crippen LogP contribution in [0.3, 0.4) is 0 Å².